The number of hydrogen-bond donors (Lipinski definition) is 1. The first-order valence-electron chi connectivity index (χ1n) is 9.96. The van der Waals surface area contributed by atoms with E-state index in [0.717, 1.165) is 15.2 Å². The molecule has 0 aliphatic heterocycles. The number of aromatic nitrogens is 1. The summed E-state index contributed by atoms with van der Waals surface area (Å²) in [5, 5.41) is 0.745. The number of ether oxygens (including phenoxy) is 1. The molecule has 0 aliphatic carbocycles. The summed E-state index contributed by atoms with van der Waals surface area (Å²) < 4.78 is 32.9. The quantitative estimate of drug-likeness (QED) is 0.362. The highest BCUT2D eigenvalue weighted by Crippen LogP contribution is 2.22. The van der Waals surface area contributed by atoms with Crippen LogP contribution in [-0.2, 0) is 30.9 Å². The van der Waals surface area contributed by atoms with Gasteiger partial charge in [0.25, 0.3) is 5.91 Å². The van der Waals surface area contributed by atoms with E-state index in [9.17, 15) is 22.8 Å². The number of carbonyl (C=O) groups is 3. The molecule has 174 valence electrons. The molecule has 3 rings (SSSR count). The fourth-order valence-corrected chi connectivity index (χ4v) is 4.96. The standard InChI is InChI=1S/C22H23N3O6S2/c1-14(26)16-8-10-17(11-9-16)33(29,30)23-12-21(27)31-15(2)22(28)25(3)13-20-24-18-6-4-5-7-19(18)32-20/h4-11,15,23H,12-13H2,1-3H3. The smallest absolute Gasteiger partial charge is 0.321 e. The van der Waals surface area contributed by atoms with Crippen LogP contribution in [0.4, 0.5) is 0 Å². The van der Waals surface area contributed by atoms with Crippen LogP contribution in [0.3, 0.4) is 0 Å². The molecule has 1 heterocycles. The second-order valence-corrected chi connectivity index (χ2v) is 10.2. The Morgan fingerprint density at radius 1 is 1.12 bits per heavy atom. The Balaban J connectivity index is 1.52. The average molecular weight is 490 g/mol. The first-order valence-corrected chi connectivity index (χ1v) is 12.3. The lowest BCUT2D eigenvalue weighted by Gasteiger charge is -2.20. The van der Waals surface area contributed by atoms with Gasteiger partial charge in [0.15, 0.2) is 11.9 Å². The highest BCUT2D eigenvalue weighted by atomic mass is 32.2. The number of likely N-dealkylation sites (N-methyl/N-ethyl adjacent to an activating group) is 1. The first-order chi connectivity index (χ1) is 15.6. The van der Waals surface area contributed by atoms with Crippen molar-refractivity contribution >= 4 is 49.2 Å². The van der Waals surface area contributed by atoms with Crippen LogP contribution in [0.5, 0.6) is 0 Å². The summed E-state index contributed by atoms with van der Waals surface area (Å²) in [5.41, 5.74) is 1.22. The largest absolute Gasteiger partial charge is 0.452 e. The number of esters is 1. The Kier molecular flexibility index (Phi) is 7.57. The number of nitrogens with one attached hydrogen (secondary N) is 1. The molecule has 3 aromatic rings. The number of para-hydroxylation sites is 1. The number of benzene rings is 2. The second kappa shape index (κ2) is 10.2. The van der Waals surface area contributed by atoms with Crippen molar-refractivity contribution in [2.75, 3.05) is 13.6 Å². The maximum absolute atomic E-state index is 12.6. The van der Waals surface area contributed by atoms with E-state index in [0.29, 0.717) is 5.56 Å². The summed E-state index contributed by atoms with van der Waals surface area (Å²) in [5.74, 6) is -1.53. The van der Waals surface area contributed by atoms with Gasteiger partial charge in [-0.3, -0.25) is 14.4 Å². The summed E-state index contributed by atoms with van der Waals surface area (Å²) in [4.78, 5) is 41.8. The third-order valence-corrected chi connectivity index (χ3v) is 7.16. The van der Waals surface area contributed by atoms with Crippen molar-refractivity contribution in [3.63, 3.8) is 0 Å². The van der Waals surface area contributed by atoms with Gasteiger partial charge >= 0.3 is 5.97 Å². The molecule has 9 nitrogen and oxygen atoms in total. The third kappa shape index (κ3) is 6.21. The number of hydrogen-bond acceptors (Lipinski definition) is 8. The van der Waals surface area contributed by atoms with Gasteiger partial charge in [-0.1, -0.05) is 24.3 Å². The molecule has 2 aromatic carbocycles. The lowest BCUT2D eigenvalue weighted by molar-refractivity contribution is -0.157. The summed E-state index contributed by atoms with van der Waals surface area (Å²) in [7, 11) is -2.41. The van der Waals surface area contributed by atoms with E-state index in [1.165, 1.54) is 54.3 Å². The van der Waals surface area contributed by atoms with Crippen LogP contribution in [0.25, 0.3) is 10.2 Å². The minimum absolute atomic E-state index is 0.0972. The van der Waals surface area contributed by atoms with Crippen LogP contribution >= 0.6 is 11.3 Å². The third-order valence-electron chi connectivity index (χ3n) is 4.72. The Morgan fingerprint density at radius 2 is 1.79 bits per heavy atom. The number of carbonyl (C=O) groups excluding carboxylic acids is 3. The van der Waals surface area contributed by atoms with Crippen molar-refractivity contribution in [1.82, 2.24) is 14.6 Å². The molecular formula is C22H23N3O6S2. The molecule has 0 aliphatic rings. The zero-order chi connectivity index (χ0) is 24.2. The number of fused-ring (bicyclic) bond motifs is 1. The Morgan fingerprint density at radius 3 is 2.42 bits per heavy atom. The van der Waals surface area contributed by atoms with Gasteiger partial charge in [-0.2, -0.15) is 4.72 Å². The molecule has 1 atom stereocenters. The van der Waals surface area contributed by atoms with E-state index in [1.807, 2.05) is 24.3 Å². The molecule has 11 heteroatoms. The summed E-state index contributed by atoms with van der Waals surface area (Å²) in [6, 6.07) is 12.9. The SMILES string of the molecule is CC(=O)c1ccc(S(=O)(=O)NCC(=O)OC(C)C(=O)N(C)Cc2nc3ccccc3s2)cc1. The van der Waals surface area contributed by atoms with Crippen LogP contribution in [0.15, 0.2) is 53.4 Å². The number of rotatable bonds is 9. The zero-order valence-electron chi connectivity index (χ0n) is 18.3. The molecule has 0 fully saturated rings. The van der Waals surface area contributed by atoms with Gasteiger partial charge in [0.05, 0.1) is 21.7 Å². The molecule has 1 amide bonds. The molecule has 0 spiro atoms. The molecule has 0 radical (unpaired) electrons. The van der Waals surface area contributed by atoms with Gasteiger partial charge in [-0.25, -0.2) is 13.4 Å². The predicted octanol–water partition coefficient (Wildman–Crippen LogP) is 2.37. The highest BCUT2D eigenvalue weighted by Gasteiger charge is 2.24. The van der Waals surface area contributed by atoms with E-state index < -0.39 is 34.5 Å². The van der Waals surface area contributed by atoms with Crippen molar-refractivity contribution < 1.29 is 27.5 Å². The van der Waals surface area contributed by atoms with Crippen molar-refractivity contribution in [3.8, 4) is 0 Å². The Labute approximate surface area is 195 Å². The number of sulfonamides is 1. The Bertz CT molecular complexity index is 1250. The van der Waals surface area contributed by atoms with Gasteiger partial charge in [0, 0.05) is 12.6 Å². The van der Waals surface area contributed by atoms with Crippen LogP contribution in [-0.4, -0.2) is 55.7 Å². The van der Waals surface area contributed by atoms with Crippen molar-refractivity contribution in [2.45, 2.75) is 31.4 Å². The highest BCUT2D eigenvalue weighted by molar-refractivity contribution is 7.89. The number of Topliss-reactive ketones (excluding diaryl/α,β-unsaturated/α-hetero) is 1. The number of thiazole rings is 1. The summed E-state index contributed by atoms with van der Waals surface area (Å²) in [6.07, 6.45) is -1.10. The molecule has 0 bridgehead atoms. The molecule has 0 saturated carbocycles. The summed E-state index contributed by atoms with van der Waals surface area (Å²) >= 11 is 1.47. The van der Waals surface area contributed by atoms with E-state index in [-0.39, 0.29) is 17.2 Å². The van der Waals surface area contributed by atoms with Crippen LogP contribution in [0, 0.1) is 0 Å². The molecule has 1 aromatic heterocycles. The van der Waals surface area contributed by atoms with Crippen LogP contribution < -0.4 is 4.72 Å². The molecule has 33 heavy (non-hydrogen) atoms. The van der Waals surface area contributed by atoms with E-state index in [2.05, 4.69) is 9.71 Å². The monoisotopic (exact) mass is 489 g/mol. The number of ketones is 1. The zero-order valence-corrected chi connectivity index (χ0v) is 19.9. The van der Waals surface area contributed by atoms with Crippen molar-refractivity contribution in [3.05, 3.63) is 59.1 Å². The lowest BCUT2D eigenvalue weighted by atomic mass is 10.2. The van der Waals surface area contributed by atoms with E-state index in [4.69, 9.17) is 4.74 Å². The normalized spacial score (nSPS) is 12.3. The fourth-order valence-electron chi connectivity index (χ4n) is 2.97. The van der Waals surface area contributed by atoms with Gasteiger partial charge < -0.3 is 9.64 Å². The minimum Gasteiger partial charge on any atom is -0.452 e. The van der Waals surface area contributed by atoms with Gasteiger partial charge in [-0.05, 0) is 38.1 Å². The Hall–Kier alpha value is -3.15. The molecular weight excluding hydrogens is 466 g/mol. The second-order valence-electron chi connectivity index (χ2n) is 7.31. The van der Waals surface area contributed by atoms with Gasteiger partial charge in [0.1, 0.15) is 11.6 Å². The summed E-state index contributed by atoms with van der Waals surface area (Å²) in [6.45, 7) is 2.40. The first kappa shape index (κ1) is 24.5. The number of amides is 1. The average Bonchev–Trinajstić information content (AvgIpc) is 3.19. The van der Waals surface area contributed by atoms with Crippen LogP contribution in [0.2, 0.25) is 0 Å². The number of nitrogens with zero attached hydrogens (tertiary/aromatic N) is 2. The topological polar surface area (TPSA) is 123 Å². The maximum Gasteiger partial charge on any atom is 0.321 e. The van der Waals surface area contributed by atoms with Crippen molar-refractivity contribution in [2.24, 2.45) is 0 Å². The van der Waals surface area contributed by atoms with E-state index in [1.54, 1.807) is 7.05 Å². The molecule has 1 N–H and O–H groups in total. The van der Waals surface area contributed by atoms with Gasteiger partial charge in [0.2, 0.25) is 10.0 Å². The van der Waals surface area contributed by atoms with E-state index >= 15 is 0 Å². The fraction of sp³-hybridized carbons (Fsp3) is 0.273. The van der Waals surface area contributed by atoms with Gasteiger partial charge in [-0.15, -0.1) is 11.3 Å². The lowest BCUT2D eigenvalue weighted by Crippen LogP contribution is -2.39. The van der Waals surface area contributed by atoms with Crippen LogP contribution in [0.1, 0.15) is 29.2 Å². The van der Waals surface area contributed by atoms with Crippen molar-refractivity contribution in [1.29, 1.82) is 0 Å². The predicted molar refractivity (Wildman–Crippen MR) is 123 cm³/mol. The molecule has 0 saturated heterocycles. The minimum atomic E-state index is -3.99. The molecule has 1 unspecified atom stereocenters. The maximum atomic E-state index is 12.6.